The van der Waals surface area contributed by atoms with Gasteiger partial charge >= 0.3 is 0 Å². The van der Waals surface area contributed by atoms with Crippen LogP contribution in [0.15, 0.2) is 30.6 Å². The number of hydrogen-bond donors (Lipinski definition) is 2. The smallest absolute Gasteiger partial charge is 0.278 e. The maximum atomic E-state index is 11.1. The molecule has 3 rings (SSSR count). The summed E-state index contributed by atoms with van der Waals surface area (Å²) in [6.07, 6.45) is 5.63. The average molecular weight is 300 g/mol. The van der Waals surface area contributed by atoms with Crippen LogP contribution in [-0.2, 0) is 0 Å². The van der Waals surface area contributed by atoms with Gasteiger partial charge in [0, 0.05) is 35.6 Å². The van der Waals surface area contributed by atoms with Gasteiger partial charge in [-0.2, -0.15) is 0 Å². The minimum atomic E-state index is -0.359. The molecule has 0 spiro atoms. The van der Waals surface area contributed by atoms with E-state index in [0.717, 1.165) is 24.2 Å². The van der Waals surface area contributed by atoms with Crippen molar-refractivity contribution in [2.75, 3.05) is 18.4 Å². The Kier molecular flexibility index (Phi) is 4.20. The molecule has 116 valence electrons. The zero-order valence-electron chi connectivity index (χ0n) is 12.6. The van der Waals surface area contributed by atoms with E-state index in [9.17, 15) is 10.1 Å². The van der Waals surface area contributed by atoms with E-state index >= 15 is 0 Å². The van der Waals surface area contributed by atoms with Crippen molar-refractivity contribution in [3.05, 3.63) is 40.7 Å². The number of anilines is 1. The molecule has 1 aromatic heterocycles. The Balaban J connectivity index is 1.91. The number of pyridine rings is 1. The number of nitro groups is 1. The zero-order chi connectivity index (χ0) is 15.5. The summed E-state index contributed by atoms with van der Waals surface area (Å²) in [4.78, 5) is 14.8. The number of benzene rings is 1. The van der Waals surface area contributed by atoms with Crippen LogP contribution < -0.4 is 10.6 Å². The van der Waals surface area contributed by atoms with Crippen molar-refractivity contribution >= 4 is 22.1 Å². The molecular formula is C16H20N4O2. The van der Waals surface area contributed by atoms with Crippen molar-refractivity contribution in [3.63, 3.8) is 0 Å². The molecule has 2 N–H and O–H groups in total. The summed E-state index contributed by atoms with van der Waals surface area (Å²) in [6.45, 7) is 4.28. The van der Waals surface area contributed by atoms with Crippen molar-refractivity contribution < 1.29 is 4.92 Å². The fourth-order valence-electron chi connectivity index (χ4n) is 3.13. The molecule has 0 saturated carbocycles. The third-order valence-corrected chi connectivity index (χ3v) is 4.42. The van der Waals surface area contributed by atoms with Gasteiger partial charge in [-0.25, -0.2) is 0 Å². The number of aromatic nitrogens is 1. The highest BCUT2D eigenvalue weighted by atomic mass is 16.6. The average Bonchev–Trinajstić information content (AvgIpc) is 2.55. The molecule has 6 nitrogen and oxygen atoms in total. The van der Waals surface area contributed by atoms with Crippen LogP contribution >= 0.6 is 0 Å². The van der Waals surface area contributed by atoms with Gasteiger partial charge in [-0.3, -0.25) is 15.1 Å². The first-order valence-corrected chi connectivity index (χ1v) is 7.65. The Labute approximate surface area is 129 Å². The summed E-state index contributed by atoms with van der Waals surface area (Å²) in [6, 6.07) is 5.49. The van der Waals surface area contributed by atoms with Gasteiger partial charge < -0.3 is 10.6 Å². The first kappa shape index (κ1) is 14.7. The number of fused-ring (bicyclic) bond motifs is 1. The third kappa shape index (κ3) is 2.87. The predicted octanol–water partition coefficient (Wildman–Crippen LogP) is 2.94. The van der Waals surface area contributed by atoms with Gasteiger partial charge in [-0.05, 0) is 50.9 Å². The largest absolute Gasteiger partial charge is 0.382 e. The van der Waals surface area contributed by atoms with Crippen LogP contribution in [0.25, 0.3) is 10.8 Å². The summed E-state index contributed by atoms with van der Waals surface area (Å²) in [7, 11) is 0. The van der Waals surface area contributed by atoms with Crippen LogP contribution in [0.4, 0.5) is 11.4 Å². The number of nitro benzene ring substituents is 1. The number of rotatable bonds is 4. The van der Waals surface area contributed by atoms with Crippen LogP contribution in [0.2, 0.25) is 0 Å². The molecule has 1 aliphatic heterocycles. The van der Waals surface area contributed by atoms with E-state index in [0.29, 0.717) is 17.3 Å². The molecule has 2 aromatic rings. The maximum Gasteiger partial charge on any atom is 0.278 e. The predicted molar refractivity (Wildman–Crippen MR) is 87.1 cm³/mol. The van der Waals surface area contributed by atoms with Crippen molar-refractivity contribution in [2.45, 2.75) is 25.8 Å². The van der Waals surface area contributed by atoms with E-state index in [4.69, 9.17) is 0 Å². The second-order valence-electron chi connectivity index (χ2n) is 5.85. The van der Waals surface area contributed by atoms with Gasteiger partial charge in [0.05, 0.1) is 10.3 Å². The lowest BCUT2D eigenvalue weighted by molar-refractivity contribution is -0.383. The highest BCUT2D eigenvalue weighted by molar-refractivity contribution is 5.99. The van der Waals surface area contributed by atoms with E-state index in [-0.39, 0.29) is 10.6 Å². The van der Waals surface area contributed by atoms with E-state index in [1.165, 1.54) is 12.8 Å². The molecule has 22 heavy (non-hydrogen) atoms. The monoisotopic (exact) mass is 300 g/mol. The van der Waals surface area contributed by atoms with Gasteiger partial charge in [0.25, 0.3) is 5.69 Å². The highest BCUT2D eigenvalue weighted by Gasteiger charge is 2.21. The molecule has 1 aliphatic rings. The standard InChI is InChI=1S/C16H20N4O2/c1-11(12-3-2-7-17-9-12)19-15-4-5-16(20(21)22)14-10-18-8-6-13(14)15/h4-6,8,10-12,17,19H,2-3,7,9H2,1H3. The third-order valence-electron chi connectivity index (χ3n) is 4.42. The molecule has 1 aromatic carbocycles. The van der Waals surface area contributed by atoms with Crippen LogP contribution in [0, 0.1) is 16.0 Å². The minimum Gasteiger partial charge on any atom is -0.382 e. The van der Waals surface area contributed by atoms with Crippen molar-refractivity contribution in [1.82, 2.24) is 10.3 Å². The fourth-order valence-corrected chi connectivity index (χ4v) is 3.13. The summed E-state index contributed by atoms with van der Waals surface area (Å²) in [5.74, 6) is 0.570. The lowest BCUT2D eigenvalue weighted by atomic mass is 9.92. The van der Waals surface area contributed by atoms with E-state index < -0.39 is 0 Å². The van der Waals surface area contributed by atoms with Gasteiger partial charge in [0.1, 0.15) is 0 Å². The molecule has 2 atom stereocenters. The summed E-state index contributed by atoms with van der Waals surface area (Å²) >= 11 is 0. The summed E-state index contributed by atoms with van der Waals surface area (Å²) in [5.41, 5.74) is 1.03. The van der Waals surface area contributed by atoms with E-state index in [1.54, 1.807) is 24.5 Å². The van der Waals surface area contributed by atoms with Crippen LogP contribution in [0.1, 0.15) is 19.8 Å². The molecule has 1 fully saturated rings. The van der Waals surface area contributed by atoms with Crippen molar-refractivity contribution in [3.8, 4) is 0 Å². The second kappa shape index (κ2) is 6.27. The molecule has 1 saturated heterocycles. The Bertz CT molecular complexity index is 683. The number of piperidine rings is 1. The van der Waals surface area contributed by atoms with Crippen molar-refractivity contribution in [1.29, 1.82) is 0 Å². The topological polar surface area (TPSA) is 80.1 Å². The number of hydrogen-bond acceptors (Lipinski definition) is 5. The fraction of sp³-hybridized carbons (Fsp3) is 0.438. The second-order valence-corrected chi connectivity index (χ2v) is 5.85. The first-order chi connectivity index (χ1) is 10.7. The van der Waals surface area contributed by atoms with Crippen LogP contribution in [-0.4, -0.2) is 29.0 Å². The highest BCUT2D eigenvalue weighted by Crippen LogP contribution is 2.31. The molecule has 6 heteroatoms. The van der Waals surface area contributed by atoms with Crippen LogP contribution in [0.3, 0.4) is 0 Å². The van der Waals surface area contributed by atoms with Gasteiger partial charge in [0.2, 0.25) is 0 Å². The summed E-state index contributed by atoms with van der Waals surface area (Å²) in [5, 5.41) is 19.5. The number of nitrogens with zero attached hydrogens (tertiary/aromatic N) is 2. The Morgan fingerprint density at radius 1 is 1.41 bits per heavy atom. The quantitative estimate of drug-likeness (QED) is 0.670. The molecular weight excluding hydrogens is 280 g/mol. The van der Waals surface area contributed by atoms with Crippen molar-refractivity contribution in [2.24, 2.45) is 5.92 Å². The first-order valence-electron chi connectivity index (χ1n) is 7.65. The number of nitrogens with one attached hydrogen (secondary N) is 2. The number of non-ortho nitro benzene ring substituents is 1. The lowest BCUT2D eigenvalue weighted by Gasteiger charge is -2.30. The Morgan fingerprint density at radius 3 is 3.00 bits per heavy atom. The molecule has 0 radical (unpaired) electrons. The van der Waals surface area contributed by atoms with Gasteiger partial charge in [-0.1, -0.05) is 0 Å². The van der Waals surface area contributed by atoms with Gasteiger partial charge in [0.15, 0.2) is 0 Å². The van der Waals surface area contributed by atoms with Crippen LogP contribution in [0.5, 0.6) is 0 Å². The SMILES string of the molecule is CC(Nc1ccc([N+](=O)[O-])c2cnccc12)C1CCCNC1. The Hall–Kier alpha value is -2.21. The van der Waals surface area contributed by atoms with E-state index in [2.05, 4.69) is 22.5 Å². The molecule has 0 aliphatic carbocycles. The molecule has 0 bridgehead atoms. The lowest BCUT2D eigenvalue weighted by Crippen LogP contribution is -2.38. The molecule has 2 unspecified atom stereocenters. The maximum absolute atomic E-state index is 11.1. The minimum absolute atomic E-state index is 0.0978. The Morgan fingerprint density at radius 2 is 2.27 bits per heavy atom. The molecule has 2 heterocycles. The van der Waals surface area contributed by atoms with Gasteiger partial charge in [-0.15, -0.1) is 0 Å². The molecule has 0 amide bonds. The normalized spacial score (nSPS) is 19.8. The summed E-state index contributed by atoms with van der Waals surface area (Å²) < 4.78 is 0. The van der Waals surface area contributed by atoms with E-state index in [1.807, 2.05) is 6.07 Å². The zero-order valence-corrected chi connectivity index (χ0v) is 12.6.